The van der Waals surface area contributed by atoms with Gasteiger partial charge in [0.05, 0.1) is 38.7 Å². The summed E-state index contributed by atoms with van der Waals surface area (Å²) < 4.78 is 10.6. The van der Waals surface area contributed by atoms with Crippen LogP contribution >= 0.6 is 0 Å². The maximum absolute atomic E-state index is 13.1. The zero-order valence-corrected chi connectivity index (χ0v) is 18.1. The van der Waals surface area contributed by atoms with Gasteiger partial charge in [0.1, 0.15) is 0 Å². The first-order valence-electron chi connectivity index (χ1n) is 10.8. The number of hydrogen-bond acceptors (Lipinski definition) is 5. The van der Waals surface area contributed by atoms with Crippen molar-refractivity contribution in [3.8, 4) is 11.8 Å². The van der Waals surface area contributed by atoms with Crippen LogP contribution in [0.15, 0.2) is 48.5 Å². The molecule has 168 valence electrons. The molecule has 1 heterocycles. The summed E-state index contributed by atoms with van der Waals surface area (Å²) >= 11 is 0. The third kappa shape index (κ3) is 6.92. The zero-order valence-electron chi connectivity index (χ0n) is 18.1. The molecule has 7 nitrogen and oxygen atoms in total. The van der Waals surface area contributed by atoms with Gasteiger partial charge in [-0.05, 0) is 23.8 Å². The molecule has 32 heavy (non-hydrogen) atoms. The number of nitrogens with zero attached hydrogens (tertiary/aromatic N) is 1. The molecular formula is C25H29N3O4. The van der Waals surface area contributed by atoms with Gasteiger partial charge in [-0.1, -0.05) is 42.2 Å². The Bertz CT molecular complexity index is 980. The number of carbonyl (C=O) groups is 2. The molecule has 0 saturated carbocycles. The van der Waals surface area contributed by atoms with Crippen LogP contribution in [0.1, 0.15) is 29.5 Å². The molecule has 2 aromatic carbocycles. The minimum atomic E-state index is -0.179. The average Bonchev–Trinajstić information content (AvgIpc) is 2.80. The van der Waals surface area contributed by atoms with Gasteiger partial charge in [-0.3, -0.25) is 9.59 Å². The fourth-order valence-electron chi connectivity index (χ4n) is 3.32. The van der Waals surface area contributed by atoms with Gasteiger partial charge in [0.25, 0.3) is 0 Å². The molecule has 1 aliphatic heterocycles. The van der Waals surface area contributed by atoms with Gasteiger partial charge in [0.2, 0.25) is 11.8 Å². The highest BCUT2D eigenvalue weighted by Crippen LogP contribution is 2.26. The van der Waals surface area contributed by atoms with Crippen molar-refractivity contribution in [3.63, 3.8) is 0 Å². The molecular weight excluding hydrogens is 406 g/mol. The Kier molecular flexibility index (Phi) is 9.26. The summed E-state index contributed by atoms with van der Waals surface area (Å²) in [6, 6.07) is 15.4. The van der Waals surface area contributed by atoms with Crippen LogP contribution < -0.4 is 16.0 Å². The third-order valence-electron chi connectivity index (χ3n) is 4.94. The molecule has 0 unspecified atom stereocenters. The third-order valence-corrected chi connectivity index (χ3v) is 4.94. The summed E-state index contributed by atoms with van der Waals surface area (Å²) in [7, 11) is 0. The van der Waals surface area contributed by atoms with Gasteiger partial charge in [0, 0.05) is 37.1 Å². The molecule has 3 N–H and O–H groups in total. The number of carbonyl (C=O) groups excluding carboxylic acids is 2. The van der Waals surface area contributed by atoms with Gasteiger partial charge in [-0.25, -0.2) is 0 Å². The predicted molar refractivity (Wildman–Crippen MR) is 123 cm³/mol. The first kappa shape index (κ1) is 23.5. The Labute approximate surface area is 188 Å². The van der Waals surface area contributed by atoms with E-state index < -0.39 is 0 Å². The molecule has 2 aromatic rings. The van der Waals surface area contributed by atoms with Crippen LogP contribution in [-0.2, 0) is 25.6 Å². The smallest absolute Gasteiger partial charge is 0.227 e. The molecule has 0 aliphatic carbocycles. The first-order valence-corrected chi connectivity index (χ1v) is 10.8. The highest BCUT2D eigenvalue weighted by molar-refractivity contribution is 5.96. The highest BCUT2D eigenvalue weighted by atomic mass is 16.5. The lowest BCUT2D eigenvalue weighted by molar-refractivity contribution is -0.125. The van der Waals surface area contributed by atoms with E-state index in [1.165, 1.54) is 0 Å². The summed E-state index contributed by atoms with van der Waals surface area (Å²) in [4.78, 5) is 27.0. The summed E-state index contributed by atoms with van der Waals surface area (Å²) in [5, 5.41) is 2.78. The van der Waals surface area contributed by atoms with E-state index in [2.05, 4.69) is 17.2 Å². The Morgan fingerprint density at radius 3 is 2.41 bits per heavy atom. The molecule has 0 spiro atoms. The molecule has 1 aliphatic rings. The Morgan fingerprint density at radius 2 is 1.59 bits per heavy atom. The van der Waals surface area contributed by atoms with Crippen molar-refractivity contribution in [2.45, 2.75) is 19.4 Å². The summed E-state index contributed by atoms with van der Waals surface area (Å²) in [6.07, 6.45) is 0.230. The number of amides is 2. The van der Waals surface area contributed by atoms with E-state index in [4.69, 9.17) is 15.2 Å². The molecule has 0 radical (unpaired) electrons. The number of anilines is 1. The van der Waals surface area contributed by atoms with E-state index in [0.29, 0.717) is 46.1 Å². The SMILES string of the molecule is NCCOCCOCCNC(=O)CCC(=O)N1Cc2ccccc2C#Cc2ccccc21. The van der Waals surface area contributed by atoms with Gasteiger partial charge in [-0.15, -0.1) is 0 Å². The number of fused-ring (bicyclic) bond motifs is 2. The molecule has 3 rings (SSSR count). The van der Waals surface area contributed by atoms with Crippen molar-refractivity contribution in [1.29, 1.82) is 0 Å². The van der Waals surface area contributed by atoms with E-state index in [9.17, 15) is 9.59 Å². The molecule has 0 atom stereocenters. The van der Waals surface area contributed by atoms with E-state index in [0.717, 1.165) is 22.4 Å². The minimum absolute atomic E-state index is 0.112. The van der Waals surface area contributed by atoms with Crippen molar-refractivity contribution < 1.29 is 19.1 Å². The number of ether oxygens (including phenoxy) is 2. The van der Waals surface area contributed by atoms with Gasteiger partial charge < -0.3 is 25.4 Å². The van der Waals surface area contributed by atoms with Crippen LogP contribution in [0.25, 0.3) is 0 Å². The molecule has 0 bridgehead atoms. The number of nitrogens with one attached hydrogen (secondary N) is 1. The largest absolute Gasteiger partial charge is 0.378 e. The topological polar surface area (TPSA) is 93.9 Å². The number of nitrogens with two attached hydrogens (primary N) is 1. The monoisotopic (exact) mass is 435 g/mol. The van der Waals surface area contributed by atoms with E-state index in [1.807, 2.05) is 48.5 Å². The highest BCUT2D eigenvalue weighted by Gasteiger charge is 2.21. The van der Waals surface area contributed by atoms with E-state index in [1.54, 1.807) is 4.90 Å². The second-order valence-corrected chi connectivity index (χ2v) is 7.27. The summed E-state index contributed by atoms with van der Waals surface area (Å²) in [5.41, 5.74) is 8.80. The number of hydrogen-bond donors (Lipinski definition) is 2. The van der Waals surface area contributed by atoms with Gasteiger partial charge >= 0.3 is 0 Å². The fourth-order valence-corrected chi connectivity index (χ4v) is 3.32. The van der Waals surface area contributed by atoms with Crippen LogP contribution in [0.4, 0.5) is 5.69 Å². The van der Waals surface area contributed by atoms with Crippen molar-refractivity contribution in [2.75, 3.05) is 44.4 Å². The molecule has 7 heteroatoms. The normalized spacial score (nSPS) is 12.0. The van der Waals surface area contributed by atoms with Crippen molar-refractivity contribution in [2.24, 2.45) is 5.73 Å². The molecule has 2 amide bonds. The van der Waals surface area contributed by atoms with Crippen LogP contribution in [0.5, 0.6) is 0 Å². The quantitative estimate of drug-likeness (QED) is 0.415. The lowest BCUT2D eigenvalue weighted by Gasteiger charge is -2.26. The maximum atomic E-state index is 13.1. The number of rotatable bonds is 11. The van der Waals surface area contributed by atoms with Crippen molar-refractivity contribution >= 4 is 17.5 Å². The lowest BCUT2D eigenvalue weighted by Crippen LogP contribution is -2.34. The Balaban J connectivity index is 1.51. The maximum Gasteiger partial charge on any atom is 0.227 e. The zero-order chi connectivity index (χ0) is 22.6. The lowest BCUT2D eigenvalue weighted by atomic mass is 10.0. The van der Waals surface area contributed by atoms with Crippen molar-refractivity contribution in [3.05, 3.63) is 65.2 Å². The van der Waals surface area contributed by atoms with E-state index >= 15 is 0 Å². The van der Waals surface area contributed by atoms with E-state index in [-0.39, 0.29) is 24.7 Å². The summed E-state index contributed by atoms with van der Waals surface area (Å²) in [5.74, 6) is 6.09. The van der Waals surface area contributed by atoms with Gasteiger partial charge in [-0.2, -0.15) is 0 Å². The molecule has 0 saturated heterocycles. The van der Waals surface area contributed by atoms with Crippen LogP contribution in [0, 0.1) is 11.8 Å². The minimum Gasteiger partial charge on any atom is -0.378 e. The Hall–Kier alpha value is -3.18. The fraction of sp³-hybridized carbons (Fsp3) is 0.360. The van der Waals surface area contributed by atoms with Crippen molar-refractivity contribution in [1.82, 2.24) is 5.32 Å². The average molecular weight is 436 g/mol. The second kappa shape index (κ2) is 12.6. The van der Waals surface area contributed by atoms with Crippen LogP contribution in [-0.4, -0.2) is 51.3 Å². The van der Waals surface area contributed by atoms with Crippen LogP contribution in [0.3, 0.4) is 0 Å². The molecule has 0 aromatic heterocycles. The number of benzene rings is 2. The predicted octanol–water partition coefficient (Wildman–Crippen LogP) is 1.82. The second-order valence-electron chi connectivity index (χ2n) is 7.27. The summed E-state index contributed by atoms with van der Waals surface area (Å²) in [6.45, 7) is 3.12. The number of para-hydroxylation sites is 1. The molecule has 0 fully saturated rings. The van der Waals surface area contributed by atoms with Crippen LogP contribution in [0.2, 0.25) is 0 Å². The first-order chi connectivity index (χ1) is 15.7. The Morgan fingerprint density at radius 1 is 0.906 bits per heavy atom. The van der Waals surface area contributed by atoms with Gasteiger partial charge in [0.15, 0.2) is 0 Å². The standard InChI is InChI=1S/C25H29N3O4/c26-13-15-31-17-18-32-16-14-27-24(29)11-12-25(30)28-19-22-7-2-1-5-20(22)9-10-21-6-3-4-8-23(21)28/h1-8H,11-19,26H2,(H,27,29).